The van der Waals surface area contributed by atoms with Crippen LogP contribution in [0.25, 0.3) is 0 Å². The molecule has 1 aliphatic carbocycles. The monoisotopic (exact) mass is 255 g/mol. The number of hydrogen-bond acceptors (Lipinski definition) is 2. The van der Waals surface area contributed by atoms with Crippen LogP contribution in [0.2, 0.25) is 0 Å². The Bertz CT molecular complexity index is 344. The van der Waals surface area contributed by atoms with Crippen LogP contribution >= 0.6 is 0 Å². The quantitative estimate of drug-likeness (QED) is 0.819. The van der Waals surface area contributed by atoms with Crippen molar-refractivity contribution >= 4 is 11.9 Å². The summed E-state index contributed by atoms with van der Waals surface area (Å²) in [6.07, 6.45) is 0. The maximum atomic E-state index is 12.5. The molecule has 4 nitrogen and oxygen atoms in total. The minimum absolute atomic E-state index is 0.0129. The van der Waals surface area contributed by atoms with E-state index in [-0.39, 0.29) is 35.1 Å². The zero-order valence-corrected chi connectivity index (χ0v) is 12.3. The van der Waals surface area contributed by atoms with Crippen LogP contribution in [0.4, 0.5) is 0 Å². The number of rotatable bonds is 5. The Morgan fingerprint density at radius 1 is 1.17 bits per heavy atom. The average Bonchev–Trinajstić information content (AvgIpc) is 2.53. The molecular formula is C14H25NO3. The van der Waals surface area contributed by atoms with Crippen LogP contribution in [0.5, 0.6) is 0 Å². The van der Waals surface area contributed by atoms with Gasteiger partial charge in [0.15, 0.2) is 0 Å². The summed E-state index contributed by atoms with van der Waals surface area (Å²) in [5, 5.41) is 8.91. The molecule has 104 valence electrons. The van der Waals surface area contributed by atoms with Gasteiger partial charge in [-0.05, 0) is 16.7 Å². The maximum Gasteiger partial charge on any atom is 0.323 e. The van der Waals surface area contributed by atoms with Crippen LogP contribution in [0.15, 0.2) is 0 Å². The number of amides is 1. The Balaban J connectivity index is 2.82. The van der Waals surface area contributed by atoms with E-state index >= 15 is 0 Å². The fourth-order valence-electron chi connectivity index (χ4n) is 2.83. The smallest absolute Gasteiger partial charge is 0.323 e. The van der Waals surface area contributed by atoms with Crippen molar-refractivity contribution in [3.8, 4) is 0 Å². The van der Waals surface area contributed by atoms with Crippen LogP contribution in [0.3, 0.4) is 0 Å². The van der Waals surface area contributed by atoms with Crippen LogP contribution in [-0.2, 0) is 9.59 Å². The van der Waals surface area contributed by atoms with Gasteiger partial charge in [0, 0.05) is 12.5 Å². The van der Waals surface area contributed by atoms with Crippen LogP contribution in [0, 0.1) is 22.7 Å². The summed E-state index contributed by atoms with van der Waals surface area (Å²) in [7, 11) is 0. The van der Waals surface area contributed by atoms with Crippen molar-refractivity contribution in [2.24, 2.45) is 22.7 Å². The normalized spacial score (nSPS) is 20.8. The van der Waals surface area contributed by atoms with Gasteiger partial charge in [-0.1, -0.05) is 41.5 Å². The Labute approximate surface area is 109 Å². The average molecular weight is 255 g/mol. The second kappa shape index (κ2) is 4.56. The van der Waals surface area contributed by atoms with E-state index in [1.54, 1.807) is 0 Å². The molecule has 0 saturated heterocycles. The number of aliphatic carboxylic acids is 1. The van der Waals surface area contributed by atoms with Gasteiger partial charge in [0.2, 0.25) is 5.91 Å². The third kappa shape index (κ3) is 2.52. The highest BCUT2D eigenvalue weighted by Gasteiger charge is 2.68. The van der Waals surface area contributed by atoms with Crippen molar-refractivity contribution in [1.29, 1.82) is 0 Å². The molecule has 0 heterocycles. The van der Waals surface area contributed by atoms with E-state index in [9.17, 15) is 9.59 Å². The van der Waals surface area contributed by atoms with Crippen molar-refractivity contribution in [2.45, 2.75) is 41.5 Å². The highest BCUT2D eigenvalue weighted by atomic mass is 16.4. The second-order valence-electron chi connectivity index (χ2n) is 6.88. The van der Waals surface area contributed by atoms with Crippen LogP contribution in [-0.4, -0.2) is 35.0 Å². The Morgan fingerprint density at radius 3 is 1.89 bits per heavy atom. The van der Waals surface area contributed by atoms with Crippen molar-refractivity contribution in [1.82, 2.24) is 4.90 Å². The standard InChI is InChI=1S/C14H25NO3/c1-9(2)7-15(8-10(16)17)12(18)11-13(3,4)14(11,5)6/h9,11H,7-8H2,1-6H3,(H,16,17). The Kier molecular flexibility index (Phi) is 3.80. The molecule has 0 aliphatic heterocycles. The zero-order chi connectivity index (χ0) is 14.3. The molecule has 0 aromatic carbocycles. The summed E-state index contributed by atoms with van der Waals surface area (Å²) >= 11 is 0. The number of carboxylic acid groups (broad SMARTS) is 1. The van der Waals surface area contributed by atoms with Gasteiger partial charge in [0.05, 0.1) is 0 Å². The Hall–Kier alpha value is -1.06. The third-order valence-corrected chi connectivity index (χ3v) is 4.49. The highest BCUT2D eigenvalue weighted by Crippen LogP contribution is 2.68. The topological polar surface area (TPSA) is 57.6 Å². The number of carbonyl (C=O) groups excluding carboxylic acids is 1. The molecule has 0 radical (unpaired) electrons. The summed E-state index contributed by atoms with van der Waals surface area (Å²) < 4.78 is 0. The highest BCUT2D eigenvalue weighted by molar-refractivity contribution is 5.87. The molecular weight excluding hydrogens is 230 g/mol. The maximum absolute atomic E-state index is 12.5. The fraction of sp³-hybridized carbons (Fsp3) is 0.857. The van der Waals surface area contributed by atoms with Gasteiger partial charge in [0.25, 0.3) is 0 Å². The van der Waals surface area contributed by atoms with Gasteiger partial charge in [0.1, 0.15) is 6.54 Å². The van der Waals surface area contributed by atoms with Gasteiger partial charge in [-0.25, -0.2) is 0 Å². The number of carboxylic acids is 1. The van der Waals surface area contributed by atoms with E-state index in [0.29, 0.717) is 6.54 Å². The lowest BCUT2D eigenvalue weighted by Crippen LogP contribution is -2.40. The molecule has 1 aliphatic rings. The minimum atomic E-state index is -0.944. The third-order valence-electron chi connectivity index (χ3n) is 4.49. The number of hydrogen-bond donors (Lipinski definition) is 1. The molecule has 0 bridgehead atoms. The summed E-state index contributed by atoms with van der Waals surface area (Å²) in [5.74, 6) is -0.747. The largest absolute Gasteiger partial charge is 0.480 e. The first kappa shape index (κ1) is 15.0. The van der Waals surface area contributed by atoms with Gasteiger partial charge in [-0.3, -0.25) is 9.59 Å². The molecule has 18 heavy (non-hydrogen) atoms. The SMILES string of the molecule is CC(C)CN(CC(=O)O)C(=O)C1C(C)(C)C1(C)C. The van der Waals surface area contributed by atoms with Crippen molar-refractivity contribution < 1.29 is 14.7 Å². The van der Waals surface area contributed by atoms with E-state index < -0.39 is 5.97 Å². The van der Waals surface area contributed by atoms with Gasteiger partial charge >= 0.3 is 5.97 Å². The minimum Gasteiger partial charge on any atom is -0.480 e. The van der Waals surface area contributed by atoms with Crippen LogP contribution < -0.4 is 0 Å². The van der Waals surface area contributed by atoms with E-state index in [1.165, 1.54) is 4.90 Å². The summed E-state index contributed by atoms with van der Waals surface area (Å²) in [6.45, 7) is 12.6. The molecule has 4 heteroatoms. The lowest BCUT2D eigenvalue weighted by molar-refractivity contribution is -0.146. The predicted molar refractivity (Wildman–Crippen MR) is 70.1 cm³/mol. The second-order valence-corrected chi connectivity index (χ2v) is 6.88. The molecule has 0 spiro atoms. The molecule has 1 saturated carbocycles. The number of nitrogens with zero attached hydrogens (tertiary/aromatic N) is 1. The fourth-order valence-corrected chi connectivity index (χ4v) is 2.83. The first-order valence-corrected chi connectivity index (χ1v) is 6.52. The van der Waals surface area contributed by atoms with E-state index in [2.05, 4.69) is 27.7 Å². The lowest BCUT2D eigenvalue weighted by Gasteiger charge is -2.23. The zero-order valence-electron chi connectivity index (χ0n) is 12.3. The molecule has 1 amide bonds. The van der Waals surface area contributed by atoms with Crippen LogP contribution in [0.1, 0.15) is 41.5 Å². The lowest BCUT2D eigenvalue weighted by atomic mass is 10.0. The molecule has 1 N–H and O–H groups in total. The van der Waals surface area contributed by atoms with E-state index in [0.717, 1.165) is 0 Å². The molecule has 0 aromatic heterocycles. The number of carbonyl (C=O) groups is 2. The summed E-state index contributed by atoms with van der Waals surface area (Å²) in [5.41, 5.74) is -0.0877. The Morgan fingerprint density at radius 2 is 1.61 bits per heavy atom. The summed E-state index contributed by atoms with van der Waals surface area (Å²) in [4.78, 5) is 24.8. The van der Waals surface area contributed by atoms with Crippen molar-refractivity contribution in [3.63, 3.8) is 0 Å². The van der Waals surface area contributed by atoms with Crippen molar-refractivity contribution in [3.05, 3.63) is 0 Å². The van der Waals surface area contributed by atoms with E-state index in [4.69, 9.17) is 5.11 Å². The molecule has 1 fully saturated rings. The molecule has 1 rings (SSSR count). The van der Waals surface area contributed by atoms with Gasteiger partial charge < -0.3 is 10.0 Å². The van der Waals surface area contributed by atoms with E-state index in [1.807, 2.05) is 13.8 Å². The van der Waals surface area contributed by atoms with Gasteiger partial charge in [-0.2, -0.15) is 0 Å². The summed E-state index contributed by atoms with van der Waals surface area (Å²) in [6, 6.07) is 0. The van der Waals surface area contributed by atoms with Gasteiger partial charge in [-0.15, -0.1) is 0 Å². The molecule has 0 aromatic rings. The first-order valence-electron chi connectivity index (χ1n) is 6.52. The van der Waals surface area contributed by atoms with Crippen molar-refractivity contribution in [2.75, 3.05) is 13.1 Å². The molecule has 0 atom stereocenters. The predicted octanol–water partition coefficient (Wildman–Crippen LogP) is 2.24. The first-order chi connectivity index (χ1) is 8.01. The molecule has 0 unspecified atom stereocenters.